The zero-order valence-electron chi connectivity index (χ0n) is 11.5. The van der Waals surface area contributed by atoms with Gasteiger partial charge in [-0.1, -0.05) is 61.4 Å². The summed E-state index contributed by atoms with van der Waals surface area (Å²) in [5.74, 6) is 0. The van der Waals surface area contributed by atoms with Gasteiger partial charge in [0.25, 0.3) is 0 Å². The molecule has 1 nitrogen and oxygen atoms in total. The molecule has 0 aliphatic heterocycles. The van der Waals surface area contributed by atoms with Gasteiger partial charge in [-0.15, -0.1) is 0 Å². The van der Waals surface area contributed by atoms with Gasteiger partial charge in [0.15, 0.2) is 8.32 Å². The highest BCUT2D eigenvalue weighted by molar-refractivity contribution is 9.09. The van der Waals surface area contributed by atoms with Crippen LogP contribution in [0.2, 0.25) is 13.1 Å². The van der Waals surface area contributed by atoms with E-state index in [4.69, 9.17) is 4.43 Å². The molecule has 98 valence electrons. The van der Waals surface area contributed by atoms with E-state index in [1.54, 1.807) is 0 Å². The Morgan fingerprint density at radius 3 is 2.19 bits per heavy atom. The molecule has 0 radical (unpaired) electrons. The van der Waals surface area contributed by atoms with Gasteiger partial charge in [-0.25, -0.2) is 0 Å². The molecule has 0 rings (SSSR count). The molecule has 0 saturated heterocycles. The maximum atomic E-state index is 6.11. The number of rotatable bonds is 10. The molecule has 0 bridgehead atoms. The van der Waals surface area contributed by atoms with Crippen molar-refractivity contribution in [1.29, 1.82) is 0 Å². The molecule has 1 atom stereocenters. The van der Waals surface area contributed by atoms with Crippen LogP contribution in [0.3, 0.4) is 0 Å². The lowest BCUT2D eigenvalue weighted by Gasteiger charge is -2.25. The molecular formula is C13H29BrOSi. The molecule has 0 aliphatic rings. The zero-order chi connectivity index (χ0) is 12.4. The largest absolute Gasteiger partial charge is 0.414 e. The Balaban J connectivity index is 3.40. The standard InChI is InChI=1S/C13H29BrOSi/c1-5-6-7-8-9-10-11-13(2)15-16(3,4)12-14/h13H,5-12H2,1-4H3. The summed E-state index contributed by atoms with van der Waals surface area (Å²) >= 11 is 3.55. The minimum atomic E-state index is -1.40. The third kappa shape index (κ3) is 9.85. The topological polar surface area (TPSA) is 9.23 Å². The van der Waals surface area contributed by atoms with Crippen molar-refractivity contribution in [3.05, 3.63) is 0 Å². The van der Waals surface area contributed by atoms with E-state index in [2.05, 4.69) is 42.9 Å². The Morgan fingerprint density at radius 2 is 1.62 bits per heavy atom. The van der Waals surface area contributed by atoms with Crippen molar-refractivity contribution in [1.82, 2.24) is 0 Å². The number of hydrogen-bond donors (Lipinski definition) is 0. The van der Waals surface area contributed by atoms with Crippen molar-refractivity contribution < 1.29 is 4.43 Å². The molecule has 0 fully saturated rings. The molecule has 0 amide bonds. The van der Waals surface area contributed by atoms with Crippen molar-refractivity contribution in [2.45, 2.75) is 78.0 Å². The van der Waals surface area contributed by atoms with Gasteiger partial charge in [-0.3, -0.25) is 0 Å². The van der Waals surface area contributed by atoms with Gasteiger partial charge >= 0.3 is 0 Å². The molecule has 0 heterocycles. The third-order valence-corrected chi connectivity index (χ3v) is 8.54. The van der Waals surface area contributed by atoms with Crippen molar-refractivity contribution in [3.8, 4) is 0 Å². The molecule has 0 aromatic rings. The van der Waals surface area contributed by atoms with Crippen molar-refractivity contribution in [2.24, 2.45) is 0 Å². The Hall–Kier alpha value is 0.657. The fourth-order valence-electron chi connectivity index (χ4n) is 1.85. The van der Waals surface area contributed by atoms with Gasteiger partial charge in [0.2, 0.25) is 0 Å². The highest BCUT2D eigenvalue weighted by atomic mass is 79.9. The molecule has 0 aliphatic carbocycles. The van der Waals surface area contributed by atoms with Gasteiger partial charge in [-0.2, -0.15) is 0 Å². The zero-order valence-corrected chi connectivity index (χ0v) is 14.1. The summed E-state index contributed by atoms with van der Waals surface area (Å²) < 4.78 is 6.11. The quantitative estimate of drug-likeness (QED) is 0.303. The highest BCUT2D eigenvalue weighted by Gasteiger charge is 2.22. The lowest BCUT2D eigenvalue weighted by atomic mass is 10.1. The number of unbranched alkanes of at least 4 members (excludes halogenated alkanes) is 5. The maximum absolute atomic E-state index is 6.11. The van der Waals surface area contributed by atoms with E-state index in [1.165, 1.54) is 44.9 Å². The SMILES string of the molecule is CCCCCCCCC(C)O[Si](C)(C)CBr. The predicted molar refractivity (Wildman–Crippen MR) is 79.8 cm³/mol. The van der Waals surface area contributed by atoms with Crippen LogP contribution >= 0.6 is 15.9 Å². The van der Waals surface area contributed by atoms with Crippen LogP contribution in [0.15, 0.2) is 0 Å². The number of hydrogen-bond acceptors (Lipinski definition) is 1. The van der Waals surface area contributed by atoms with Crippen LogP contribution in [0.1, 0.15) is 58.8 Å². The lowest BCUT2D eigenvalue weighted by Crippen LogP contribution is -2.36. The first-order chi connectivity index (χ1) is 7.52. The van der Waals surface area contributed by atoms with Crippen LogP contribution in [-0.4, -0.2) is 19.4 Å². The average molecular weight is 309 g/mol. The molecular weight excluding hydrogens is 280 g/mol. The first-order valence-corrected chi connectivity index (χ1v) is 11.0. The van der Waals surface area contributed by atoms with E-state index < -0.39 is 8.32 Å². The normalized spacial score (nSPS) is 14.1. The van der Waals surface area contributed by atoms with Crippen LogP contribution in [0, 0.1) is 0 Å². The van der Waals surface area contributed by atoms with Crippen LogP contribution in [0.5, 0.6) is 0 Å². The maximum Gasteiger partial charge on any atom is 0.197 e. The molecule has 3 heteroatoms. The summed E-state index contributed by atoms with van der Waals surface area (Å²) in [6.07, 6.45) is 9.94. The van der Waals surface area contributed by atoms with E-state index in [0.717, 1.165) is 4.95 Å². The molecule has 1 unspecified atom stereocenters. The molecule has 16 heavy (non-hydrogen) atoms. The third-order valence-electron chi connectivity index (χ3n) is 2.81. The van der Waals surface area contributed by atoms with E-state index >= 15 is 0 Å². The summed E-state index contributed by atoms with van der Waals surface area (Å²) in [4.78, 5) is 1.04. The van der Waals surface area contributed by atoms with Gasteiger partial charge in [0.05, 0.1) is 0 Å². The fourth-order valence-corrected chi connectivity index (χ4v) is 3.51. The predicted octanol–water partition coefficient (Wildman–Crippen LogP) is 5.28. The highest BCUT2D eigenvalue weighted by Crippen LogP contribution is 2.15. The average Bonchev–Trinajstić information content (AvgIpc) is 2.22. The Morgan fingerprint density at radius 1 is 1.06 bits per heavy atom. The molecule has 0 N–H and O–H groups in total. The molecule has 0 aromatic heterocycles. The summed E-state index contributed by atoms with van der Waals surface area (Å²) in [6, 6.07) is 0. The second-order valence-electron chi connectivity index (χ2n) is 5.38. The second kappa shape index (κ2) is 9.66. The van der Waals surface area contributed by atoms with Gasteiger partial charge < -0.3 is 4.43 Å². The minimum absolute atomic E-state index is 0.449. The van der Waals surface area contributed by atoms with Gasteiger partial charge in [-0.05, 0) is 26.4 Å². The number of halogens is 1. The first-order valence-electron chi connectivity index (χ1n) is 6.75. The van der Waals surface area contributed by atoms with E-state index in [1.807, 2.05) is 0 Å². The van der Waals surface area contributed by atoms with Crippen molar-refractivity contribution in [3.63, 3.8) is 0 Å². The monoisotopic (exact) mass is 308 g/mol. The van der Waals surface area contributed by atoms with Crippen LogP contribution in [0.25, 0.3) is 0 Å². The Kier molecular flexibility index (Phi) is 10.1. The van der Waals surface area contributed by atoms with E-state index in [9.17, 15) is 0 Å². The fraction of sp³-hybridized carbons (Fsp3) is 1.00. The second-order valence-corrected chi connectivity index (χ2v) is 11.1. The summed E-state index contributed by atoms with van der Waals surface area (Å²) in [7, 11) is -1.40. The van der Waals surface area contributed by atoms with E-state index in [-0.39, 0.29) is 0 Å². The summed E-state index contributed by atoms with van der Waals surface area (Å²) in [6.45, 7) is 9.05. The van der Waals surface area contributed by atoms with Gasteiger partial charge in [0, 0.05) is 11.1 Å². The molecule has 0 saturated carbocycles. The Labute approximate surface area is 112 Å². The smallest absolute Gasteiger partial charge is 0.197 e. The lowest BCUT2D eigenvalue weighted by molar-refractivity contribution is 0.198. The summed E-state index contributed by atoms with van der Waals surface area (Å²) in [5.41, 5.74) is 0. The van der Waals surface area contributed by atoms with Crippen molar-refractivity contribution in [2.75, 3.05) is 4.95 Å². The molecule has 0 spiro atoms. The number of alkyl halides is 1. The Bertz CT molecular complexity index is 162. The van der Waals surface area contributed by atoms with Crippen LogP contribution in [0.4, 0.5) is 0 Å². The van der Waals surface area contributed by atoms with Gasteiger partial charge in [0.1, 0.15) is 0 Å². The van der Waals surface area contributed by atoms with Crippen LogP contribution < -0.4 is 0 Å². The van der Waals surface area contributed by atoms with Crippen molar-refractivity contribution >= 4 is 24.2 Å². The first kappa shape index (κ1) is 16.7. The summed E-state index contributed by atoms with van der Waals surface area (Å²) in [5, 5.41) is 0. The minimum Gasteiger partial charge on any atom is -0.414 e. The molecule has 0 aromatic carbocycles. The van der Waals surface area contributed by atoms with E-state index in [0.29, 0.717) is 6.10 Å². The van der Waals surface area contributed by atoms with Crippen LogP contribution in [-0.2, 0) is 4.43 Å².